The van der Waals surface area contributed by atoms with Crippen LogP contribution in [0.5, 0.6) is 0 Å². The molecule has 1 heterocycles. The predicted molar refractivity (Wildman–Crippen MR) is 360 cm³/mol. The molecule has 0 bridgehead atoms. The summed E-state index contributed by atoms with van der Waals surface area (Å²) in [6.07, 6.45) is 79.9. The van der Waals surface area contributed by atoms with Gasteiger partial charge in [-0.05, 0) is 51.4 Å². The lowest BCUT2D eigenvalue weighted by Crippen LogP contribution is -2.60. The van der Waals surface area contributed by atoms with Crippen molar-refractivity contribution in [1.82, 2.24) is 5.32 Å². The Morgan fingerprint density at radius 3 is 1.02 bits per heavy atom. The molecule has 0 aromatic rings. The standard InChI is InChI=1S/C75H143NO8/c1-3-5-7-9-11-13-15-17-19-21-23-25-26-27-28-29-30-31-32-33-34-35-36-37-38-39-40-41-42-43-44-45-47-49-51-53-55-57-59-61-63-65-71(79)76-68(67-83-75-74(82)73(81)72(80)70(66-77)84-75)69(78)64-62-60-58-56-54-52-50-48-46-24-22-20-18-16-14-12-10-8-6-4-2/h15,17,21,23,62,64,68-70,72-75,77-78,80-82H,3-14,16,18-20,22,24-61,63,65-67H2,1-2H3,(H,76,79)/b17-15-,23-21-,64-62+. The third kappa shape index (κ3) is 52.4. The molecule has 0 radical (unpaired) electrons. The van der Waals surface area contributed by atoms with Gasteiger partial charge in [-0.25, -0.2) is 0 Å². The zero-order valence-electron chi connectivity index (χ0n) is 55.7. The molecule has 0 aromatic carbocycles. The molecular weight excluding hydrogens is 1040 g/mol. The van der Waals surface area contributed by atoms with Crippen LogP contribution in [-0.2, 0) is 14.3 Å². The minimum atomic E-state index is -1.57. The Morgan fingerprint density at radius 1 is 0.405 bits per heavy atom. The summed E-state index contributed by atoms with van der Waals surface area (Å²) in [6.45, 7) is 3.82. The molecule has 0 spiro atoms. The molecule has 1 saturated heterocycles. The van der Waals surface area contributed by atoms with E-state index in [-0.39, 0.29) is 12.5 Å². The Morgan fingerprint density at radius 2 is 0.702 bits per heavy atom. The lowest BCUT2D eigenvalue weighted by atomic mass is 9.99. The number of aliphatic hydroxyl groups is 5. The van der Waals surface area contributed by atoms with Gasteiger partial charge < -0.3 is 40.3 Å². The lowest BCUT2D eigenvalue weighted by molar-refractivity contribution is -0.302. The van der Waals surface area contributed by atoms with Gasteiger partial charge in [-0.1, -0.05) is 359 Å². The Labute approximate surface area is 521 Å². The maximum absolute atomic E-state index is 13.1. The van der Waals surface area contributed by atoms with Gasteiger partial charge in [0.15, 0.2) is 6.29 Å². The maximum atomic E-state index is 13.1. The largest absolute Gasteiger partial charge is 0.394 e. The molecule has 1 amide bonds. The number of carbonyl (C=O) groups excluding carboxylic acids is 1. The van der Waals surface area contributed by atoms with Crippen molar-refractivity contribution >= 4 is 5.91 Å². The first-order chi connectivity index (χ1) is 41.3. The molecule has 0 saturated carbocycles. The molecule has 1 aliphatic heterocycles. The Kier molecular flexibility index (Phi) is 61.7. The van der Waals surface area contributed by atoms with Crippen molar-refractivity contribution in [2.45, 2.75) is 423 Å². The van der Waals surface area contributed by atoms with E-state index in [4.69, 9.17) is 9.47 Å². The second-order valence-electron chi connectivity index (χ2n) is 26.1. The van der Waals surface area contributed by atoms with E-state index >= 15 is 0 Å². The Hall–Kier alpha value is -1.59. The summed E-state index contributed by atoms with van der Waals surface area (Å²) in [5, 5.41) is 54.8. The van der Waals surface area contributed by atoms with Crippen LogP contribution >= 0.6 is 0 Å². The second kappa shape index (κ2) is 64.4. The topological polar surface area (TPSA) is 149 Å². The van der Waals surface area contributed by atoms with Crippen LogP contribution in [0, 0.1) is 0 Å². The fraction of sp³-hybridized carbons (Fsp3) is 0.907. The van der Waals surface area contributed by atoms with Gasteiger partial charge in [-0.2, -0.15) is 0 Å². The van der Waals surface area contributed by atoms with Crippen LogP contribution in [0.1, 0.15) is 380 Å². The van der Waals surface area contributed by atoms with Crippen molar-refractivity contribution in [2.24, 2.45) is 0 Å². The molecule has 1 fully saturated rings. The van der Waals surface area contributed by atoms with E-state index in [1.54, 1.807) is 6.08 Å². The molecular formula is C75H143NO8. The fourth-order valence-corrected chi connectivity index (χ4v) is 12.1. The quantitative estimate of drug-likeness (QED) is 0.0261. The van der Waals surface area contributed by atoms with Crippen LogP contribution in [-0.4, -0.2) is 87.5 Å². The van der Waals surface area contributed by atoms with Crippen molar-refractivity contribution < 1.29 is 39.8 Å². The predicted octanol–water partition coefficient (Wildman–Crippen LogP) is 20.6. The number of allylic oxidation sites excluding steroid dienone is 5. The number of nitrogens with one attached hydrogen (secondary N) is 1. The summed E-state index contributed by atoms with van der Waals surface area (Å²) < 4.78 is 11.3. The monoisotopic (exact) mass is 1190 g/mol. The highest BCUT2D eigenvalue weighted by Crippen LogP contribution is 2.24. The van der Waals surface area contributed by atoms with Crippen molar-refractivity contribution in [1.29, 1.82) is 0 Å². The highest BCUT2D eigenvalue weighted by Gasteiger charge is 2.44. The molecule has 7 unspecified atom stereocenters. The molecule has 0 aromatic heterocycles. The summed E-state index contributed by atoms with van der Waals surface area (Å²) >= 11 is 0. The average molecular weight is 1190 g/mol. The van der Waals surface area contributed by atoms with E-state index in [2.05, 4.69) is 43.5 Å². The minimum Gasteiger partial charge on any atom is -0.394 e. The zero-order chi connectivity index (χ0) is 60.7. The summed E-state index contributed by atoms with van der Waals surface area (Å²) in [5.74, 6) is -0.168. The van der Waals surface area contributed by atoms with Crippen LogP contribution in [0.3, 0.4) is 0 Å². The summed E-state index contributed by atoms with van der Waals surface area (Å²) in [7, 11) is 0. The van der Waals surface area contributed by atoms with Crippen LogP contribution in [0.2, 0.25) is 0 Å². The van der Waals surface area contributed by atoms with Crippen LogP contribution in [0.15, 0.2) is 36.5 Å². The van der Waals surface area contributed by atoms with Gasteiger partial charge in [0.25, 0.3) is 0 Å². The van der Waals surface area contributed by atoms with E-state index in [0.717, 1.165) is 44.9 Å². The third-order valence-electron chi connectivity index (χ3n) is 18.0. The first-order valence-corrected chi connectivity index (χ1v) is 37.2. The molecule has 9 nitrogen and oxygen atoms in total. The average Bonchev–Trinajstić information content (AvgIpc) is 3.70. The number of hydrogen-bond acceptors (Lipinski definition) is 8. The Bertz CT molecular complexity index is 1420. The van der Waals surface area contributed by atoms with Crippen molar-refractivity contribution in [2.75, 3.05) is 13.2 Å². The van der Waals surface area contributed by atoms with Crippen molar-refractivity contribution in [3.8, 4) is 0 Å². The van der Waals surface area contributed by atoms with Gasteiger partial charge in [0.05, 0.1) is 25.4 Å². The van der Waals surface area contributed by atoms with E-state index in [1.165, 1.54) is 315 Å². The maximum Gasteiger partial charge on any atom is 0.220 e. The lowest BCUT2D eigenvalue weighted by Gasteiger charge is -2.40. The normalized spacial score (nSPS) is 18.3. The SMILES string of the molecule is CCCCCCC/C=C\C/C=C\CCCCCCCCCCCCCCCCCCCCCCCCCCCCCCCC(=O)NC(COC1OC(CO)C(O)C(O)C1O)C(O)/C=C/CCCCCCCCCCCCCCCCCCCC. The van der Waals surface area contributed by atoms with Gasteiger partial charge in [-0.15, -0.1) is 0 Å². The smallest absolute Gasteiger partial charge is 0.220 e. The number of hydrogen-bond donors (Lipinski definition) is 6. The molecule has 0 aliphatic carbocycles. The first kappa shape index (κ1) is 80.4. The fourth-order valence-electron chi connectivity index (χ4n) is 12.1. The van der Waals surface area contributed by atoms with E-state index < -0.39 is 49.5 Å². The number of amides is 1. The second-order valence-corrected chi connectivity index (χ2v) is 26.1. The van der Waals surface area contributed by atoms with E-state index in [1.807, 2.05) is 6.08 Å². The molecule has 7 atom stereocenters. The van der Waals surface area contributed by atoms with E-state index in [9.17, 15) is 30.3 Å². The first-order valence-electron chi connectivity index (χ1n) is 37.2. The van der Waals surface area contributed by atoms with Crippen LogP contribution < -0.4 is 5.32 Å². The van der Waals surface area contributed by atoms with Gasteiger partial charge in [0.2, 0.25) is 5.91 Å². The summed E-state index contributed by atoms with van der Waals surface area (Å²) in [6, 6.07) is -0.803. The van der Waals surface area contributed by atoms with Gasteiger partial charge in [-0.3, -0.25) is 4.79 Å². The van der Waals surface area contributed by atoms with Crippen molar-refractivity contribution in [3.05, 3.63) is 36.5 Å². The Balaban J connectivity index is 2.03. The number of unbranched alkanes of at least 4 members (excludes halogenated alkanes) is 52. The molecule has 1 aliphatic rings. The molecule has 496 valence electrons. The summed E-state index contributed by atoms with van der Waals surface area (Å²) in [4.78, 5) is 13.1. The van der Waals surface area contributed by atoms with Crippen LogP contribution in [0.4, 0.5) is 0 Å². The van der Waals surface area contributed by atoms with Crippen LogP contribution in [0.25, 0.3) is 0 Å². The number of carbonyl (C=O) groups is 1. The summed E-state index contributed by atoms with van der Waals surface area (Å²) in [5.41, 5.74) is 0. The number of ether oxygens (including phenoxy) is 2. The molecule has 1 rings (SSSR count). The number of aliphatic hydroxyl groups excluding tert-OH is 5. The minimum absolute atomic E-state index is 0.168. The number of rotatable bonds is 66. The zero-order valence-corrected chi connectivity index (χ0v) is 55.7. The highest BCUT2D eigenvalue weighted by atomic mass is 16.7. The van der Waals surface area contributed by atoms with Gasteiger partial charge >= 0.3 is 0 Å². The molecule has 9 heteroatoms. The van der Waals surface area contributed by atoms with Gasteiger partial charge in [0, 0.05) is 6.42 Å². The molecule has 84 heavy (non-hydrogen) atoms. The van der Waals surface area contributed by atoms with E-state index in [0.29, 0.717) is 6.42 Å². The van der Waals surface area contributed by atoms with Gasteiger partial charge in [0.1, 0.15) is 24.4 Å². The third-order valence-corrected chi connectivity index (χ3v) is 18.0. The molecule has 6 N–H and O–H groups in total. The highest BCUT2D eigenvalue weighted by molar-refractivity contribution is 5.76. The van der Waals surface area contributed by atoms with Crippen molar-refractivity contribution in [3.63, 3.8) is 0 Å².